The maximum Gasteiger partial charge on any atom is 0.253 e. The molecule has 1 aromatic heterocycles. The number of nitrogens with zero attached hydrogens (tertiary/aromatic N) is 1. The second kappa shape index (κ2) is 9.01. The molecular weight excluding hydrogens is 344 g/mol. The van der Waals surface area contributed by atoms with Gasteiger partial charge in [0.1, 0.15) is 6.54 Å². The van der Waals surface area contributed by atoms with E-state index in [0.29, 0.717) is 23.4 Å². The van der Waals surface area contributed by atoms with Crippen molar-refractivity contribution in [3.05, 3.63) is 33.2 Å². The highest BCUT2D eigenvalue weighted by Crippen LogP contribution is 2.11. The summed E-state index contributed by atoms with van der Waals surface area (Å²) in [7, 11) is 0. The summed E-state index contributed by atoms with van der Waals surface area (Å²) in [6.45, 7) is 10.9. The Labute approximate surface area is 154 Å². The monoisotopic (exact) mass is 372 g/mol. The molecule has 1 heterocycles. The summed E-state index contributed by atoms with van der Waals surface area (Å²) in [6.07, 6.45) is 0. The van der Waals surface area contributed by atoms with E-state index < -0.39 is 5.54 Å². The third-order valence-corrected chi connectivity index (χ3v) is 3.45. The van der Waals surface area contributed by atoms with Crippen molar-refractivity contribution in [3.63, 3.8) is 0 Å². The van der Waals surface area contributed by atoms with Crippen molar-refractivity contribution in [2.24, 2.45) is 5.73 Å². The van der Waals surface area contributed by atoms with Gasteiger partial charge in [-0.1, -0.05) is 0 Å². The Morgan fingerprint density at radius 1 is 1.28 bits per heavy atom. The van der Waals surface area contributed by atoms with E-state index in [2.05, 4.69) is 10.6 Å². The molecule has 0 aliphatic heterocycles. The largest absolute Gasteiger partial charge is 0.352 e. The number of amides is 2. The molecule has 0 aromatic carbocycles. The van der Waals surface area contributed by atoms with E-state index in [1.54, 1.807) is 13.8 Å². The first-order valence-electron chi connectivity index (χ1n) is 8.00. The van der Waals surface area contributed by atoms with Crippen molar-refractivity contribution in [1.29, 1.82) is 0 Å². The number of nitrogens with two attached hydrogens (primary N) is 1. The van der Waals surface area contributed by atoms with E-state index in [1.807, 2.05) is 27.7 Å². The van der Waals surface area contributed by atoms with Gasteiger partial charge in [0.05, 0.1) is 5.56 Å². The molecule has 0 spiro atoms. The van der Waals surface area contributed by atoms with Crippen LogP contribution in [0.1, 0.15) is 49.3 Å². The molecule has 0 aliphatic rings. The number of carbonyl (C=O) groups excluding carboxylic acids is 2. The van der Waals surface area contributed by atoms with Crippen LogP contribution in [0.4, 0.5) is 0 Å². The van der Waals surface area contributed by atoms with Crippen LogP contribution >= 0.6 is 12.4 Å². The van der Waals surface area contributed by atoms with E-state index in [4.69, 9.17) is 5.73 Å². The quantitative estimate of drug-likeness (QED) is 0.689. The topological polar surface area (TPSA) is 106 Å². The van der Waals surface area contributed by atoms with Crippen LogP contribution in [0.5, 0.6) is 0 Å². The van der Waals surface area contributed by atoms with Crippen molar-refractivity contribution in [2.75, 3.05) is 6.54 Å². The van der Waals surface area contributed by atoms with Gasteiger partial charge < -0.3 is 20.9 Å². The van der Waals surface area contributed by atoms with E-state index in [0.717, 1.165) is 0 Å². The maximum absolute atomic E-state index is 12.5. The molecule has 0 aliphatic carbocycles. The zero-order valence-corrected chi connectivity index (χ0v) is 16.5. The predicted molar refractivity (Wildman–Crippen MR) is 101 cm³/mol. The Kier molecular flexibility index (Phi) is 8.34. The SMILES string of the molecule is Cc1cc(=O)n(CC(=O)NC(C)C)c(C)c1C(=O)NCC(C)(C)N.Cl. The van der Waals surface area contributed by atoms with Gasteiger partial charge in [0.15, 0.2) is 0 Å². The van der Waals surface area contributed by atoms with Gasteiger partial charge in [-0.3, -0.25) is 14.4 Å². The Morgan fingerprint density at radius 3 is 2.32 bits per heavy atom. The normalized spacial score (nSPS) is 11.0. The molecule has 0 bridgehead atoms. The fourth-order valence-corrected chi connectivity index (χ4v) is 2.37. The van der Waals surface area contributed by atoms with Crippen molar-refractivity contribution in [2.45, 2.75) is 59.7 Å². The van der Waals surface area contributed by atoms with Gasteiger partial charge in [-0.25, -0.2) is 0 Å². The lowest BCUT2D eigenvalue weighted by molar-refractivity contribution is -0.122. The third kappa shape index (κ3) is 6.88. The number of rotatable bonds is 6. The number of aromatic nitrogens is 1. The summed E-state index contributed by atoms with van der Waals surface area (Å²) in [5, 5.41) is 5.51. The third-order valence-electron chi connectivity index (χ3n) is 3.45. The van der Waals surface area contributed by atoms with Crippen LogP contribution in [-0.4, -0.2) is 34.5 Å². The zero-order valence-electron chi connectivity index (χ0n) is 15.7. The molecule has 2 amide bonds. The Morgan fingerprint density at radius 2 is 1.84 bits per heavy atom. The maximum atomic E-state index is 12.5. The summed E-state index contributed by atoms with van der Waals surface area (Å²) in [5.41, 5.74) is 6.47. The second-order valence-electron chi connectivity index (χ2n) is 7.11. The molecule has 0 unspecified atom stereocenters. The molecule has 4 N–H and O–H groups in total. The first-order chi connectivity index (χ1) is 10.9. The highest BCUT2D eigenvalue weighted by atomic mass is 35.5. The minimum atomic E-state index is -0.539. The van der Waals surface area contributed by atoms with E-state index in [-0.39, 0.29) is 42.4 Å². The van der Waals surface area contributed by atoms with Crippen LogP contribution < -0.4 is 21.9 Å². The predicted octanol–water partition coefficient (Wildman–Crippen LogP) is 0.879. The summed E-state index contributed by atoms with van der Waals surface area (Å²) >= 11 is 0. The summed E-state index contributed by atoms with van der Waals surface area (Å²) in [5.74, 6) is -0.574. The van der Waals surface area contributed by atoms with Crippen LogP contribution in [0, 0.1) is 13.8 Å². The van der Waals surface area contributed by atoms with Gasteiger partial charge in [-0.05, 0) is 47.1 Å². The average Bonchev–Trinajstić information content (AvgIpc) is 2.39. The lowest BCUT2D eigenvalue weighted by Crippen LogP contribution is -2.45. The van der Waals surface area contributed by atoms with E-state index >= 15 is 0 Å². The average molecular weight is 373 g/mol. The molecule has 1 rings (SSSR count). The van der Waals surface area contributed by atoms with Crippen LogP contribution in [-0.2, 0) is 11.3 Å². The molecule has 25 heavy (non-hydrogen) atoms. The molecule has 0 radical (unpaired) electrons. The zero-order chi connectivity index (χ0) is 18.7. The Balaban J connectivity index is 0.00000576. The summed E-state index contributed by atoms with van der Waals surface area (Å²) in [4.78, 5) is 36.6. The van der Waals surface area contributed by atoms with Crippen LogP contribution in [0.15, 0.2) is 10.9 Å². The molecule has 0 fully saturated rings. The first kappa shape index (κ1) is 23.1. The number of halogens is 1. The minimum absolute atomic E-state index is 0. The Hall–Kier alpha value is -1.86. The lowest BCUT2D eigenvalue weighted by Gasteiger charge is -2.21. The van der Waals surface area contributed by atoms with Crippen LogP contribution in [0.25, 0.3) is 0 Å². The van der Waals surface area contributed by atoms with Crippen molar-refractivity contribution in [3.8, 4) is 0 Å². The number of carbonyl (C=O) groups is 2. The van der Waals surface area contributed by atoms with Gasteiger partial charge in [-0.15, -0.1) is 12.4 Å². The summed E-state index contributed by atoms with van der Waals surface area (Å²) < 4.78 is 1.31. The second-order valence-corrected chi connectivity index (χ2v) is 7.11. The number of aryl methyl sites for hydroxylation is 1. The molecule has 0 atom stereocenters. The molecule has 8 heteroatoms. The van der Waals surface area contributed by atoms with Crippen molar-refractivity contribution >= 4 is 24.2 Å². The highest BCUT2D eigenvalue weighted by Gasteiger charge is 2.20. The standard InChI is InChI=1S/C17H28N4O3.ClH/c1-10(2)20-13(22)8-21-12(4)15(11(3)7-14(21)23)16(24)19-9-17(5,6)18;/h7,10H,8-9,18H2,1-6H3,(H,19,24)(H,20,22);1H. The van der Waals surface area contributed by atoms with E-state index in [1.165, 1.54) is 10.6 Å². The number of pyridine rings is 1. The van der Waals surface area contributed by atoms with Crippen LogP contribution in [0.2, 0.25) is 0 Å². The van der Waals surface area contributed by atoms with Gasteiger partial charge in [0, 0.05) is 29.9 Å². The highest BCUT2D eigenvalue weighted by molar-refractivity contribution is 5.96. The minimum Gasteiger partial charge on any atom is -0.352 e. The van der Waals surface area contributed by atoms with E-state index in [9.17, 15) is 14.4 Å². The fraction of sp³-hybridized carbons (Fsp3) is 0.588. The number of nitrogens with one attached hydrogen (secondary N) is 2. The van der Waals surface area contributed by atoms with Crippen molar-refractivity contribution in [1.82, 2.24) is 15.2 Å². The van der Waals surface area contributed by atoms with Gasteiger partial charge in [0.2, 0.25) is 5.91 Å². The van der Waals surface area contributed by atoms with Gasteiger partial charge >= 0.3 is 0 Å². The first-order valence-corrected chi connectivity index (χ1v) is 8.00. The molecule has 7 nitrogen and oxygen atoms in total. The molecule has 0 saturated heterocycles. The number of hydrogen-bond donors (Lipinski definition) is 3. The molecule has 1 aromatic rings. The molecule has 0 saturated carbocycles. The number of hydrogen-bond acceptors (Lipinski definition) is 4. The summed E-state index contributed by atoms with van der Waals surface area (Å²) in [6, 6.07) is 1.35. The molecular formula is C17H29ClN4O3. The van der Waals surface area contributed by atoms with Crippen LogP contribution in [0.3, 0.4) is 0 Å². The molecule has 142 valence electrons. The fourth-order valence-electron chi connectivity index (χ4n) is 2.37. The van der Waals surface area contributed by atoms with Gasteiger partial charge in [-0.2, -0.15) is 0 Å². The van der Waals surface area contributed by atoms with Crippen molar-refractivity contribution < 1.29 is 9.59 Å². The smallest absolute Gasteiger partial charge is 0.253 e. The Bertz CT molecular complexity index is 690. The lowest BCUT2D eigenvalue weighted by atomic mass is 10.0. The van der Waals surface area contributed by atoms with Gasteiger partial charge in [0.25, 0.3) is 11.5 Å².